The van der Waals surface area contributed by atoms with Crippen molar-refractivity contribution in [3.05, 3.63) is 66.2 Å². The SMILES string of the molecule is CCOC(=O)[C@H](CO)NC(=O)c1cn2ncnc(N)c2c1-c1ccc(NC(=O)Nc2cc(C(F)(F)F)ccn2)cc1. The fourth-order valence-electron chi connectivity index (χ4n) is 3.83. The number of aliphatic hydroxyl groups is 1. The van der Waals surface area contributed by atoms with Crippen molar-refractivity contribution < 1.29 is 37.4 Å². The first kappa shape index (κ1) is 28.8. The number of carbonyl (C=O) groups excluding carboxylic acids is 3. The summed E-state index contributed by atoms with van der Waals surface area (Å²) in [4.78, 5) is 45.3. The number of aliphatic hydroxyl groups excluding tert-OH is 1. The van der Waals surface area contributed by atoms with Crippen LogP contribution >= 0.6 is 0 Å². The van der Waals surface area contributed by atoms with Gasteiger partial charge in [0.1, 0.15) is 17.7 Å². The van der Waals surface area contributed by atoms with E-state index in [1.54, 1.807) is 19.1 Å². The number of nitrogens with two attached hydrogens (primary N) is 1. The van der Waals surface area contributed by atoms with E-state index in [0.717, 1.165) is 12.3 Å². The Balaban J connectivity index is 1.59. The number of benzene rings is 1. The summed E-state index contributed by atoms with van der Waals surface area (Å²) in [6, 6.07) is 5.37. The Labute approximate surface area is 229 Å². The van der Waals surface area contributed by atoms with E-state index >= 15 is 0 Å². The number of esters is 1. The summed E-state index contributed by atoms with van der Waals surface area (Å²) >= 11 is 0. The third kappa shape index (κ3) is 6.50. The fourth-order valence-corrected chi connectivity index (χ4v) is 3.83. The van der Waals surface area contributed by atoms with Crippen LogP contribution in [0.15, 0.2) is 55.1 Å². The second-order valence-corrected chi connectivity index (χ2v) is 8.40. The largest absolute Gasteiger partial charge is 0.464 e. The molecule has 0 saturated carbocycles. The van der Waals surface area contributed by atoms with E-state index in [9.17, 15) is 32.7 Å². The van der Waals surface area contributed by atoms with Gasteiger partial charge in [0.25, 0.3) is 5.91 Å². The first-order valence-electron chi connectivity index (χ1n) is 11.9. The second kappa shape index (κ2) is 11.9. The number of rotatable bonds is 8. The standard InChI is InChI=1S/C25H23F3N8O5/c1-2-41-23(39)17(11-37)34-22(38)16-10-36-20(21(29)31-12-32-36)19(16)13-3-5-15(6-4-13)33-24(40)35-18-9-14(7-8-30-18)25(26,27)28/h3-10,12,17,37H,2,11H2,1H3,(H,34,38)(H2,29,31,32)(H2,30,33,35,40)/t17-/m0/s1. The van der Waals surface area contributed by atoms with Crippen molar-refractivity contribution >= 4 is 40.7 Å². The van der Waals surface area contributed by atoms with E-state index in [1.165, 1.54) is 29.2 Å². The van der Waals surface area contributed by atoms with Gasteiger partial charge < -0.3 is 26.2 Å². The number of anilines is 3. The molecule has 4 aromatic rings. The van der Waals surface area contributed by atoms with Gasteiger partial charge in [-0.25, -0.2) is 24.1 Å². The van der Waals surface area contributed by atoms with Crippen LogP contribution in [0.25, 0.3) is 16.6 Å². The van der Waals surface area contributed by atoms with Gasteiger partial charge >= 0.3 is 18.2 Å². The summed E-state index contributed by atoms with van der Waals surface area (Å²) in [5.41, 5.74) is 6.44. The normalized spacial score (nSPS) is 12.0. The number of halogens is 3. The number of aromatic nitrogens is 4. The van der Waals surface area contributed by atoms with E-state index < -0.39 is 42.3 Å². The molecular weight excluding hydrogens is 549 g/mol. The average molecular weight is 573 g/mol. The molecule has 0 fully saturated rings. The molecule has 0 spiro atoms. The molecule has 0 aliphatic rings. The molecule has 1 atom stereocenters. The first-order valence-corrected chi connectivity index (χ1v) is 11.9. The lowest BCUT2D eigenvalue weighted by Gasteiger charge is -2.15. The molecule has 0 bridgehead atoms. The molecule has 214 valence electrons. The van der Waals surface area contributed by atoms with Gasteiger partial charge in [0.05, 0.1) is 24.3 Å². The molecule has 3 aromatic heterocycles. The van der Waals surface area contributed by atoms with E-state index in [4.69, 9.17) is 10.5 Å². The molecule has 3 amide bonds. The second-order valence-electron chi connectivity index (χ2n) is 8.40. The minimum Gasteiger partial charge on any atom is -0.464 e. The zero-order valence-corrected chi connectivity index (χ0v) is 21.3. The van der Waals surface area contributed by atoms with E-state index in [-0.39, 0.29) is 35.0 Å². The number of nitrogens with zero attached hydrogens (tertiary/aromatic N) is 4. The van der Waals surface area contributed by atoms with Crippen molar-refractivity contribution in [2.45, 2.75) is 19.1 Å². The third-order valence-corrected chi connectivity index (χ3v) is 5.67. The van der Waals surface area contributed by atoms with Crippen LogP contribution in [0.2, 0.25) is 0 Å². The predicted octanol–water partition coefficient (Wildman–Crippen LogP) is 2.69. The Morgan fingerprint density at radius 2 is 1.85 bits per heavy atom. The van der Waals surface area contributed by atoms with Gasteiger partial charge in [0, 0.05) is 23.6 Å². The summed E-state index contributed by atoms with van der Waals surface area (Å²) in [5, 5.41) is 20.8. The number of amides is 3. The highest BCUT2D eigenvalue weighted by Gasteiger charge is 2.31. The topological polar surface area (TPSA) is 186 Å². The van der Waals surface area contributed by atoms with E-state index in [1.807, 2.05) is 0 Å². The van der Waals surface area contributed by atoms with Gasteiger partial charge in [-0.2, -0.15) is 18.3 Å². The maximum Gasteiger partial charge on any atom is 0.416 e. The number of fused-ring (bicyclic) bond motifs is 1. The smallest absolute Gasteiger partial charge is 0.416 e. The maximum atomic E-state index is 13.2. The number of alkyl halides is 3. The summed E-state index contributed by atoms with van der Waals surface area (Å²) in [7, 11) is 0. The van der Waals surface area contributed by atoms with Gasteiger partial charge in [-0.05, 0) is 36.8 Å². The summed E-state index contributed by atoms with van der Waals surface area (Å²) in [5.74, 6) is -1.80. The Hall–Kier alpha value is -5.25. The highest BCUT2D eigenvalue weighted by Crippen LogP contribution is 2.33. The number of urea groups is 1. The zero-order chi connectivity index (χ0) is 29.7. The first-order chi connectivity index (χ1) is 19.5. The number of hydrogen-bond acceptors (Lipinski definition) is 9. The zero-order valence-electron chi connectivity index (χ0n) is 21.3. The average Bonchev–Trinajstić information content (AvgIpc) is 3.33. The number of nitrogen functional groups attached to an aromatic ring is 1. The Bertz CT molecular complexity index is 1590. The van der Waals surface area contributed by atoms with E-state index in [0.29, 0.717) is 17.2 Å². The third-order valence-electron chi connectivity index (χ3n) is 5.67. The van der Waals surface area contributed by atoms with Crippen LogP contribution in [0.1, 0.15) is 22.8 Å². The highest BCUT2D eigenvalue weighted by molar-refractivity contribution is 6.08. The lowest BCUT2D eigenvalue weighted by molar-refractivity contribution is -0.146. The highest BCUT2D eigenvalue weighted by atomic mass is 19.4. The monoisotopic (exact) mass is 572 g/mol. The maximum absolute atomic E-state index is 13.2. The van der Waals surface area contributed by atoms with Crippen LogP contribution in [0.5, 0.6) is 0 Å². The van der Waals surface area contributed by atoms with Gasteiger partial charge in [-0.15, -0.1) is 0 Å². The number of pyridine rings is 1. The number of carbonyl (C=O) groups is 3. The minimum atomic E-state index is -4.60. The van der Waals surface area contributed by atoms with Crippen LogP contribution in [-0.4, -0.2) is 61.9 Å². The molecule has 0 radical (unpaired) electrons. The van der Waals surface area contributed by atoms with Crippen molar-refractivity contribution in [3.63, 3.8) is 0 Å². The van der Waals surface area contributed by atoms with Gasteiger partial charge in [-0.1, -0.05) is 12.1 Å². The van der Waals surface area contributed by atoms with Crippen LogP contribution < -0.4 is 21.7 Å². The van der Waals surface area contributed by atoms with Gasteiger partial charge in [-0.3, -0.25) is 10.1 Å². The minimum absolute atomic E-state index is 0.0492. The molecule has 16 heteroatoms. The number of nitrogens with one attached hydrogen (secondary N) is 3. The van der Waals surface area contributed by atoms with Crippen molar-refractivity contribution in [3.8, 4) is 11.1 Å². The molecule has 13 nitrogen and oxygen atoms in total. The molecule has 1 aromatic carbocycles. The van der Waals surface area contributed by atoms with Gasteiger partial charge in [0.15, 0.2) is 11.9 Å². The molecule has 41 heavy (non-hydrogen) atoms. The molecule has 6 N–H and O–H groups in total. The molecule has 0 unspecified atom stereocenters. The Kier molecular flexibility index (Phi) is 8.32. The summed E-state index contributed by atoms with van der Waals surface area (Å²) in [6.07, 6.45) is -1.11. The van der Waals surface area contributed by atoms with E-state index in [2.05, 4.69) is 31.0 Å². The number of ether oxygens (including phenoxy) is 1. The molecule has 4 rings (SSSR count). The van der Waals surface area contributed by atoms with Crippen LogP contribution in [0, 0.1) is 0 Å². The van der Waals surface area contributed by atoms with Crippen LogP contribution in [0.3, 0.4) is 0 Å². The van der Waals surface area contributed by atoms with Crippen molar-refractivity contribution in [2.75, 3.05) is 29.6 Å². The Morgan fingerprint density at radius 1 is 1.12 bits per heavy atom. The van der Waals surface area contributed by atoms with Crippen molar-refractivity contribution in [1.29, 1.82) is 0 Å². The van der Waals surface area contributed by atoms with Gasteiger partial charge in [0.2, 0.25) is 0 Å². The molecule has 0 aliphatic heterocycles. The Morgan fingerprint density at radius 3 is 2.51 bits per heavy atom. The summed E-state index contributed by atoms with van der Waals surface area (Å²) in [6.45, 7) is 0.930. The van der Waals surface area contributed by atoms with Crippen LogP contribution in [0.4, 0.5) is 35.3 Å². The molecule has 0 saturated heterocycles. The quantitative estimate of drug-likeness (QED) is 0.198. The lowest BCUT2D eigenvalue weighted by Crippen LogP contribution is -2.44. The fraction of sp³-hybridized carbons (Fsp3) is 0.200. The van der Waals surface area contributed by atoms with Crippen LogP contribution in [-0.2, 0) is 15.7 Å². The molecule has 3 heterocycles. The predicted molar refractivity (Wildman–Crippen MR) is 140 cm³/mol. The number of hydrogen-bond donors (Lipinski definition) is 5. The summed E-state index contributed by atoms with van der Waals surface area (Å²) < 4.78 is 45.0. The van der Waals surface area contributed by atoms with Crippen molar-refractivity contribution in [2.24, 2.45) is 0 Å². The lowest BCUT2D eigenvalue weighted by atomic mass is 10.0. The molecule has 0 aliphatic carbocycles. The molecular formula is C25H23F3N8O5. The van der Waals surface area contributed by atoms with Crippen molar-refractivity contribution in [1.82, 2.24) is 24.9 Å².